The number of halogens is 2. The molecule has 1 aromatic carbocycles. The zero-order valence-corrected chi connectivity index (χ0v) is 17.8. The van der Waals surface area contributed by atoms with E-state index in [4.69, 9.17) is 23.2 Å². The van der Waals surface area contributed by atoms with E-state index in [-0.39, 0.29) is 24.9 Å². The first-order valence-electron chi connectivity index (χ1n) is 9.11. The van der Waals surface area contributed by atoms with Crippen molar-refractivity contribution in [2.24, 2.45) is 0 Å². The smallest absolute Gasteiger partial charge is 0.305 e. The number of rotatable bonds is 8. The summed E-state index contributed by atoms with van der Waals surface area (Å²) in [5.74, 6) is -1.70. The molecule has 1 unspecified atom stereocenters. The Labute approximate surface area is 182 Å². The van der Waals surface area contributed by atoms with Gasteiger partial charge in [-0.3, -0.25) is 14.4 Å². The lowest BCUT2D eigenvalue weighted by Crippen LogP contribution is -2.61. The van der Waals surface area contributed by atoms with E-state index in [0.717, 1.165) is 10.4 Å². The Bertz CT molecular complexity index is 904. The van der Waals surface area contributed by atoms with E-state index in [0.29, 0.717) is 29.4 Å². The molecule has 0 spiro atoms. The van der Waals surface area contributed by atoms with Crippen LogP contribution in [0.25, 0.3) is 0 Å². The summed E-state index contributed by atoms with van der Waals surface area (Å²) in [5, 5.41) is 12.2. The van der Waals surface area contributed by atoms with Crippen LogP contribution in [0.2, 0.25) is 10.0 Å². The van der Waals surface area contributed by atoms with Gasteiger partial charge in [0.1, 0.15) is 6.04 Å². The summed E-state index contributed by atoms with van der Waals surface area (Å²) >= 11 is 13.7. The topological polar surface area (TPSA) is 77.9 Å². The van der Waals surface area contributed by atoms with Gasteiger partial charge >= 0.3 is 5.97 Å². The summed E-state index contributed by atoms with van der Waals surface area (Å²) < 4.78 is 0. The van der Waals surface area contributed by atoms with Gasteiger partial charge < -0.3 is 14.9 Å². The van der Waals surface area contributed by atoms with E-state index in [9.17, 15) is 19.5 Å². The Morgan fingerprint density at radius 1 is 1.17 bits per heavy atom. The molecule has 6 nitrogen and oxygen atoms in total. The molecule has 1 aliphatic rings. The normalized spacial score (nSPS) is 17.1. The maximum absolute atomic E-state index is 13.0. The van der Waals surface area contributed by atoms with E-state index >= 15 is 0 Å². The Hall–Kier alpha value is -2.09. The van der Waals surface area contributed by atoms with Crippen LogP contribution in [0.5, 0.6) is 0 Å². The molecule has 1 aliphatic heterocycles. The Balaban J connectivity index is 1.70. The monoisotopic (exact) mass is 454 g/mol. The van der Waals surface area contributed by atoms with Crippen LogP contribution in [0.4, 0.5) is 0 Å². The number of thiophene rings is 1. The van der Waals surface area contributed by atoms with Crippen molar-refractivity contribution in [1.29, 1.82) is 0 Å². The molecule has 1 atom stereocenters. The zero-order chi connectivity index (χ0) is 21.0. The lowest BCUT2D eigenvalue weighted by Gasteiger charge is -2.40. The quantitative estimate of drug-likeness (QED) is 0.663. The minimum absolute atomic E-state index is 0.0649. The Morgan fingerprint density at radius 2 is 1.97 bits per heavy atom. The molecule has 0 radical (unpaired) electrons. The van der Waals surface area contributed by atoms with E-state index in [2.05, 4.69) is 0 Å². The molecule has 2 heterocycles. The first-order chi connectivity index (χ1) is 13.8. The largest absolute Gasteiger partial charge is 0.481 e. The van der Waals surface area contributed by atoms with Crippen LogP contribution in [0.1, 0.15) is 16.9 Å². The van der Waals surface area contributed by atoms with E-state index in [1.165, 1.54) is 9.80 Å². The fourth-order valence-corrected chi connectivity index (χ4v) is 4.55. The first-order valence-corrected chi connectivity index (χ1v) is 10.7. The maximum atomic E-state index is 13.0. The number of piperazine rings is 1. The average molecular weight is 455 g/mol. The molecule has 0 saturated carbocycles. The van der Waals surface area contributed by atoms with Gasteiger partial charge in [0.05, 0.1) is 13.0 Å². The highest BCUT2D eigenvalue weighted by atomic mass is 35.5. The fourth-order valence-electron chi connectivity index (χ4n) is 3.35. The van der Waals surface area contributed by atoms with Gasteiger partial charge in [-0.05, 0) is 42.0 Å². The SMILES string of the molecule is O=C(O)CC1C(=O)N(CCc2ccc(Cl)cc2Cl)CC(=O)N1CCc1cccs1. The van der Waals surface area contributed by atoms with Crippen LogP contribution in [-0.2, 0) is 27.2 Å². The molecule has 0 aliphatic carbocycles. The number of hydrogen-bond donors (Lipinski definition) is 1. The molecule has 9 heteroatoms. The van der Waals surface area contributed by atoms with Gasteiger partial charge in [-0.25, -0.2) is 0 Å². The molecule has 2 amide bonds. The maximum Gasteiger partial charge on any atom is 0.305 e. The van der Waals surface area contributed by atoms with Crippen molar-refractivity contribution in [2.75, 3.05) is 19.6 Å². The molecule has 29 heavy (non-hydrogen) atoms. The predicted octanol–water partition coefficient (Wildman–Crippen LogP) is 3.35. The van der Waals surface area contributed by atoms with Crippen molar-refractivity contribution < 1.29 is 19.5 Å². The third kappa shape index (κ3) is 5.50. The van der Waals surface area contributed by atoms with Crippen molar-refractivity contribution in [3.8, 4) is 0 Å². The number of amides is 2. The minimum Gasteiger partial charge on any atom is -0.481 e. The lowest BCUT2D eigenvalue weighted by atomic mass is 10.0. The number of hydrogen-bond acceptors (Lipinski definition) is 4. The molecular formula is C20H20Cl2N2O4S. The Morgan fingerprint density at radius 3 is 2.62 bits per heavy atom. The van der Waals surface area contributed by atoms with E-state index in [1.54, 1.807) is 29.5 Å². The number of carboxylic acids is 1. The molecule has 3 rings (SSSR count). The van der Waals surface area contributed by atoms with E-state index in [1.807, 2.05) is 17.5 Å². The van der Waals surface area contributed by atoms with Crippen LogP contribution in [-0.4, -0.2) is 58.4 Å². The zero-order valence-electron chi connectivity index (χ0n) is 15.5. The summed E-state index contributed by atoms with van der Waals surface area (Å²) in [5.41, 5.74) is 0.811. The molecule has 1 aromatic heterocycles. The van der Waals surface area contributed by atoms with Crippen molar-refractivity contribution in [3.63, 3.8) is 0 Å². The summed E-state index contributed by atoms with van der Waals surface area (Å²) in [6.45, 7) is 0.533. The molecule has 2 aromatic rings. The van der Waals surface area contributed by atoms with Crippen LogP contribution < -0.4 is 0 Å². The van der Waals surface area contributed by atoms with Gasteiger partial charge in [0.15, 0.2) is 0 Å². The highest BCUT2D eigenvalue weighted by molar-refractivity contribution is 7.09. The second-order valence-corrected chi connectivity index (χ2v) is 8.65. The highest BCUT2D eigenvalue weighted by Crippen LogP contribution is 2.23. The van der Waals surface area contributed by atoms with Crippen molar-refractivity contribution in [1.82, 2.24) is 9.80 Å². The van der Waals surface area contributed by atoms with E-state index < -0.39 is 18.4 Å². The van der Waals surface area contributed by atoms with Crippen LogP contribution in [0.3, 0.4) is 0 Å². The summed E-state index contributed by atoms with van der Waals surface area (Å²) in [6, 6.07) is 8.00. The van der Waals surface area contributed by atoms with Crippen molar-refractivity contribution in [2.45, 2.75) is 25.3 Å². The molecular weight excluding hydrogens is 435 g/mol. The molecule has 1 fully saturated rings. The fraction of sp³-hybridized carbons (Fsp3) is 0.350. The molecule has 1 N–H and O–H groups in total. The van der Waals surface area contributed by atoms with Gasteiger partial charge in [-0.1, -0.05) is 35.3 Å². The second-order valence-electron chi connectivity index (χ2n) is 6.78. The summed E-state index contributed by atoms with van der Waals surface area (Å²) in [7, 11) is 0. The average Bonchev–Trinajstić information content (AvgIpc) is 3.17. The molecule has 1 saturated heterocycles. The number of aliphatic carboxylic acids is 1. The standard InChI is InChI=1S/C20H20Cl2N2O4S/c21-14-4-3-13(16(22)10-14)5-7-23-12-18(25)24(8-6-15-2-1-9-29-15)17(20(23)28)11-19(26)27/h1-4,9-10,17H,5-8,11-12H2,(H,26,27). The lowest BCUT2D eigenvalue weighted by molar-refractivity contribution is -0.158. The number of carboxylic acid groups (broad SMARTS) is 1. The van der Waals surface area contributed by atoms with Crippen molar-refractivity contribution in [3.05, 3.63) is 56.2 Å². The number of carbonyl (C=O) groups excluding carboxylic acids is 2. The van der Waals surface area contributed by atoms with Crippen molar-refractivity contribution >= 4 is 52.3 Å². The summed E-state index contributed by atoms with van der Waals surface area (Å²) in [4.78, 5) is 40.9. The summed E-state index contributed by atoms with van der Waals surface area (Å²) in [6.07, 6.45) is 0.629. The predicted molar refractivity (Wildman–Crippen MR) is 113 cm³/mol. The van der Waals surface area contributed by atoms with Gasteiger partial charge in [-0.2, -0.15) is 0 Å². The van der Waals surface area contributed by atoms with Crippen LogP contribution in [0, 0.1) is 0 Å². The van der Waals surface area contributed by atoms with Gasteiger partial charge in [0.2, 0.25) is 11.8 Å². The second kappa shape index (κ2) is 9.61. The van der Waals surface area contributed by atoms with Gasteiger partial charge in [0.25, 0.3) is 0 Å². The minimum atomic E-state index is -1.11. The molecule has 154 valence electrons. The highest BCUT2D eigenvalue weighted by Gasteiger charge is 2.40. The molecule has 0 bridgehead atoms. The third-order valence-electron chi connectivity index (χ3n) is 4.83. The Kier molecular flexibility index (Phi) is 7.16. The number of nitrogens with zero attached hydrogens (tertiary/aromatic N) is 2. The number of carbonyl (C=O) groups is 3. The van der Waals surface area contributed by atoms with Crippen LogP contribution in [0.15, 0.2) is 35.7 Å². The first kappa shape index (κ1) is 21.6. The van der Waals surface area contributed by atoms with Gasteiger partial charge in [0, 0.05) is 28.0 Å². The third-order valence-corrected chi connectivity index (χ3v) is 6.36. The van der Waals surface area contributed by atoms with Gasteiger partial charge in [-0.15, -0.1) is 11.3 Å². The number of benzene rings is 1. The van der Waals surface area contributed by atoms with Crippen LogP contribution >= 0.6 is 34.5 Å².